The summed E-state index contributed by atoms with van der Waals surface area (Å²) >= 11 is 0. The highest BCUT2D eigenvalue weighted by Crippen LogP contribution is 2.39. The Balaban J connectivity index is 1.51. The molecule has 8 heteroatoms. The molecule has 2 bridgehead atoms. The summed E-state index contributed by atoms with van der Waals surface area (Å²) < 4.78 is 0. The standard InChI is InChI=1S/C18H21N5O3/c24-17(10-1-2-10)21-15-7-14(13-5-6-19-16(13)20-15)23-11-3-4-12(23)9-22(8-11)18(25)26/h5-7,10-12H,1-4,8-9H2,(H,25,26)(H2,19,20,21,24). The van der Waals surface area contributed by atoms with Crippen LogP contribution in [0.5, 0.6) is 0 Å². The number of aromatic amines is 1. The molecule has 2 saturated heterocycles. The van der Waals surface area contributed by atoms with E-state index in [1.165, 1.54) is 4.90 Å². The molecule has 2 aliphatic heterocycles. The van der Waals surface area contributed by atoms with Gasteiger partial charge in [0.1, 0.15) is 11.5 Å². The minimum atomic E-state index is -0.847. The van der Waals surface area contributed by atoms with Crippen molar-refractivity contribution in [2.45, 2.75) is 37.8 Å². The predicted octanol–water partition coefficient (Wildman–Crippen LogP) is 2.24. The van der Waals surface area contributed by atoms with E-state index >= 15 is 0 Å². The van der Waals surface area contributed by atoms with Gasteiger partial charge in [0.05, 0.1) is 5.69 Å². The normalized spacial score (nSPS) is 24.9. The number of carbonyl (C=O) groups excluding carboxylic acids is 1. The lowest BCUT2D eigenvalue weighted by Gasteiger charge is -2.41. The Labute approximate surface area is 150 Å². The van der Waals surface area contributed by atoms with Crippen LogP contribution in [0.25, 0.3) is 11.0 Å². The highest BCUT2D eigenvalue weighted by atomic mass is 16.4. The minimum Gasteiger partial charge on any atom is -0.465 e. The van der Waals surface area contributed by atoms with Gasteiger partial charge in [-0.3, -0.25) is 4.79 Å². The molecule has 2 amide bonds. The lowest BCUT2D eigenvalue weighted by molar-refractivity contribution is -0.117. The Morgan fingerprint density at radius 3 is 2.58 bits per heavy atom. The first kappa shape index (κ1) is 15.5. The fourth-order valence-electron chi connectivity index (χ4n) is 4.32. The van der Waals surface area contributed by atoms with Gasteiger partial charge < -0.3 is 25.2 Å². The summed E-state index contributed by atoms with van der Waals surface area (Å²) in [4.78, 5) is 35.1. The Hall–Kier alpha value is -2.77. The van der Waals surface area contributed by atoms with Crippen LogP contribution in [0.1, 0.15) is 25.7 Å². The van der Waals surface area contributed by atoms with Gasteiger partial charge in [-0.1, -0.05) is 0 Å². The fourth-order valence-corrected chi connectivity index (χ4v) is 4.32. The van der Waals surface area contributed by atoms with Crippen LogP contribution < -0.4 is 10.2 Å². The van der Waals surface area contributed by atoms with Crippen molar-refractivity contribution < 1.29 is 14.7 Å². The molecule has 2 unspecified atom stereocenters. The quantitative estimate of drug-likeness (QED) is 0.784. The molecule has 2 aromatic heterocycles. The molecule has 8 nitrogen and oxygen atoms in total. The number of fused-ring (bicyclic) bond motifs is 3. The number of rotatable bonds is 3. The summed E-state index contributed by atoms with van der Waals surface area (Å²) in [5, 5.41) is 13.3. The molecule has 3 N–H and O–H groups in total. The minimum absolute atomic E-state index is 0.0352. The number of hydrogen-bond acceptors (Lipinski definition) is 4. The number of nitrogens with one attached hydrogen (secondary N) is 2. The number of hydrogen-bond donors (Lipinski definition) is 3. The zero-order chi connectivity index (χ0) is 17.8. The zero-order valence-corrected chi connectivity index (χ0v) is 14.3. The van der Waals surface area contributed by atoms with E-state index < -0.39 is 6.09 Å². The number of aromatic nitrogens is 2. The summed E-state index contributed by atoms with van der Waals surface area (Å²) in [6.45, 7) is 1.04. The zero-order valence-electron chi connectivity index (χ0n) is 14.3. The second kappa shape index (κ2) is 5.62. The molecular weight excluding hydrogens is 334 g/mol. The molecule has 26 heavy (non-hydrogen) atoms. The molecular formula is C18H21N5O3. The highest BCUT2D eigenvalue weighted by Gasteiger charge is 2.42. The van der Waals surface area contributed by atoms with Gasteiger partial charge in [-0.2, -0.15) is 0 Å². The molecule has 1 aliphatic carbocycles. The maximum absolute atomic E-state index is 12.1. The first-order chi connectivity index (χ1) is 12.6. The molecule has 5 rings (SSSR count). The number of likely N-dealkylation sites (tertiary alicyclic amines) is 1. The monoisotopic (exact) mass is 355 g/mol. The third kappa shape index (κ3) is 2.48. The highest BCUT2D eigenvalue weighted by molar-refractivity contribution is 5.97. The maximum Gasteiger partial charge on any atom is 0.407 e. The largest absolute Gasteiger partial charge is 0.465 e. The van der Waals surface area contributed by atoms with E-state index in [4.69, 9.17) is 0 Å². The third-order valence-electron chi connectivity index (χ3n) is 5.74. The average molecular weight is 355 g/mol. The first-order valence-electron chi connectivity index (χ1n) is 9.15. The van der Waals surface area contributed by atoms with Crippen LogP contribution >= 0.6 is 0 Å². The molecule has 3 fully saturated rings. The smallest absolute Gasteiger partial charge is 0.407 e. The number of amides is 2. The molecule has 1 saturated carbocycles. The van der Waals surface area contributed by atoms with Crippen LogP contribution in [-0.2, 0) is 4.79 Å². The van der Waals surface area contributed by atoms with E-state index in [-0.39, 0.29) is 23.9 Å². The van der Waals surface area contributed by atoms with E-state index in [2.05, 4.69) is 20.2 Å². The number of carbonyl (C=O) groups is 2. The SMILES string of the molecule is O=C(Nc1cc(N2C3CCC2CN(C(=O)O)C3)c2cc[nH]c2n1)C1CC1. The van der Waals surface area contributed by atoms with Crippen molar-refractivity contribution in [1.82, 2.24) is 14.9 Å². The van der Waals surface area contributed by atoms with Crippen LogP contribution in [0.3, 0.4) is 0 Å². The van der Waals surface area contributed by atoms with Crippen LogP contribution in [0.4, 0.5) is 16.3 Å². The molecule has 0 spiro atoms. The molecule has 4 heterocycles. The van der Waals surface area contributed by atoms with Crippen molar-refractivity contribution in [2.75, 3.05) is 23.3 Å². The molecule has 0 aromatic carbocycles. The van der Waals surface area contributed by atoms with Gasteiger partial charge in [0.15, 0.2) is 0 Å². The van der Waals surface area contributed by atoms with E-state index in [1.54, 1.807) is 0 Å². The van der Waals surface area contributed by atoms with Gasteiger partial charge >= 0.3 is 6.09 Å². The van der Waals surface area contributed by atoms with Gasteiger partial charge in [-0.25, -0.2) is 9.78 Å². The topological polar surface area (TPSA) is 102 Å². The Kier molecular flexibility index (Phi) is 3.35. The van der Waals surface area contributed by atoms with Gasteiger partial charge in [-0.15, -0.1) is 0 Å². The van der Waals surface area contributed by atoms with Gasteiger partial charge in [0.25, 0.3) is 0 Å². The second-order valence-electron chi connectivity index (χ2n) is 7.51. The first-order valence-corrected chi connectivity index (χ1v) is 9.15. The number of nitrogens with zero attached hydrogens (tertiary/aromatic N) is 3. The van der Waals surface area contributed by atoms with Crippen molar-refractivity contribution in [2.24, 2.45) is 5.92 Å². The Morgan fingerprint density at radius 2 is 1.92 bits per heavy atom. The molecule has 2 aromatic rings. The van der Waals surface area contributed by atoms with Crippen molar-refractivity contribution in [3.63, 3.8) is 0 Å². The second-order valence-corrected chi connectivity index (χ2v) is 7.51. The number of H-pyrrole nitrogens is 1. The van der Waals surface area contributed by atoms with Crippen molar-refractivity contribution >= 4 is 34.5 Å². The number of pyridine rings is 1. The van der Waals surface area contributed by atoms with E-state index in [0.717, 1.165) is 42.4 Å². The lowest BCUT2D eigenvalue weighted by Crippen LogP contribution is -2.55. The maximum atomic E-state index is 12.1. The van der Waals surface area contributed by atoms with Crippen LogP contribution in [0.2, 0.25) is 0 Å². The van der Waals surface area contributed by atoms with Crippen LogP contribution in [0.15, 0.2) is 18.3 Å². The number of anilines is 2. The summed E-state index contributed by atoms with van der Waals surface area (Å²) in [6, 6.07) is 4.26. The fraction of sp³-hybridized carbons (Fsp3) is 0.500. The third-order valence-corrected chi connectivity index (χ3v) is 5.74. The molecule has 136 valence electrons. The molecule has 3 aliphatic rings. The molecule has 2 atom stereocenters. The lowest BCUT2D eigenvalue weighted by atomic mass is 10.1. The molecule has 0 radical (unpaired) electrons. The van der Waals surface area contributed by atoms with E-state index in [1.807, 2.05) is 18.3 Å². The van der Waals surface area contributed by atoms with Crippen molar-refractivity contribution in [1.29, 1.82) is 0 Å². The predicted molar refractivity (Wildman–Crippen MR) is 96.3 cm³/mol. The van der Waals surface area contributed by atoms with Crippen LogP contribution in [0, 0.1) is 5.92 Å². The number of carboxylic acid groups (broad SMARTS) is 1. The Bertz CT molecular complexity index is 876. The van der Waals surface area contributed by atoms with Crippen molar-refractivity contribution in [3.8, 4) is 0 Å². The van der Waals surface area contributed by atoms with Gasteiger partial charge in [-0.05, 0) is 31.7 Å². The summed E-state index contributed by atoms with van der Waals surface area (Å²) in [6.07, 6.45) is 4.86. The summed E-state index contributed by atoms with van der Waals surface area (Å²) in [5.74, 6) is 0.717. The van der Waals surface area contributed by atoms with Gasteiger partial charge in [0, 0.05) is 48.7 Å². The summed E-state index contributed by atoms with van der Waals surface area (Å²) in [7, 11) is 0. The van der Waals surface area contributed by atoms with E-state index in [9.17, 15) is 14.7 Å². The summed E-state index contributed by atoms with van der Waals surface area (Å²) in [5.41, 5.74) is 1.77. The number of piperazine rings is 1. The van der Waals surface area contributed by atoms with Crippen molar-refractivity contribution in [3.05, 3.63) is 18.3 Å². The van der Waals surface area contributed by atoms with Gasteiger partial charge in [0.2, 0.25) is 5.91 Å². The van der Waals surface area contributed by atoms with Crippen LogP contribution in [-0.4, -0.2) is 57.1 Å². The van der Waals surface area contributed by atoms with E-state index in [0.29, 0.717) is 18.9 Å². The Morgan fingerprint density at radius 1 is 1.19 bits per heavy atom. The average Bonchev–Trinajstić information content (AvgIpc) is 3.31.